The number of halogens is 1. The summed E-state index contributed by atoms with van der Waals surface area (Å²) in [7, 11) is 0. The number of benzene rings is 1. The number of nitro benzene ring substituents is 1. The Morgan fingerprint density at radius 2 is 2.00 bits per heavy atom. The van der Waals surface area contributed by atoms with Gasteiger partial charge in [0.1, 0.15) is 17.9 Å². The number of amides is 2. The van der Waals surface area contributed by atoms with Crippen molar-refractivity contribution in [2.75, 3.05) is 5.33 Å². The molecule has 0 bridgehead atoms. The lowest BCUT2D eigenvalue weighted by Crippen LogP contribution is -2.52. The zero-order valence-electron chi connectivity index (χ0n) is 19.7. The van der Waals surface area contributed by atoms with Crippen LogP contribution in [-0.4, -0.2) is 50.1 Å². The van der Waals surface area contributed by atoms with E-state index in [0.717, 1.165) is 0 Å². The third kappa shape index (κ3) is 6.23. The van der Waals surface area contributed by atoms with Gasteiger partial charge >= 0.3 is 12.1 Å². The summed E-state index contributed by atoms with van der Waals surface area (Å²) in [5.74, 6) is -0.937. The van der Waals surface area contributed by atoms with Crippen molar-refractivity contribution in [1.82, 2.24) is 10.2 Å². The lowest BCUT2D eigenvalue weighted by Gasteiger charge is -2.38. The van der Waals surface area contributed by atoms with E-state index in [0.29, 0.717) is 27.8 Å². The molecule has 2 atom stereocenters. The van der Waals surface area contributed by atoms with E-state index in [1.807, 2.05) is 0 Å². The van der Waals surface area contributed by atoms with Crippen LogP contribution in [0.15, 0.2) is 46.5 Å². The van der Waals surface area contributed by atoms with Crippen molar-refractivity contribution >= 4 is 51.3 Å². The molecule has 1 fully saturated rings. The number of alkyl halides is 1. The number of nitrogens with zero attached hydrogens (tertiary/aromatic N) is 2. The van der Waals surface area contributed by atoms with Gasteiger partial charge in [0.15, 0.2) is 0 Å². The Labute approximate surface area is 215 Å². The molecular formula is C23H26BrN3O7S. The summed E-state index contributed by atoms with van der Waals surface area (Å²) in [5, 5.41) is 13.5. The first-order chi connectivity index (χ1) is 16.4. The number of ether oxygens (including phenoxy) is 2. The molecule has 0 spiro atoms. The molecular weight excluding hydrogens is 542 g/mol. The van der Waals surface area contributed by atoms with Gasteiger partial charge in [-0.25, -0.2) is 9.59 Å². The van der Waals surface area contributed by atoms with E-state index in [9.17, 15) is 24.5 Å². The molecule has 2 aliphatic heterocycles. The van der Waals surface area contributed by atoms with Crippen molar-refractivity contribution in [3.8, 4) is 0 Å². The van der Waals surface area contributed by atoms with Crippen LogP contribution < -0.4 is 5.32 Å². The highest BCUT2D eigenvalue weighted by Gasteiger charge is 2.52. The van der Waals surface area contributed by atoms with E-state index in [-0.39, 0.29) is 29.9 Å². The van der Waals surface area contributed by atoms with Gasteiger partial charge in [-0.05, 0) is 45.4 Å². The van der Waals surface area contributed by atoms with Gasteiger partial charge < -0.3 is 14.8 Å². The minimum atomic E-state index is -0.678. The first-order valence-electron chi connectivity index (χ1n) is 10.8. The Hall–Kier alpha value is -2.86. The van der Waals surface area contributed by atoms with Gasteiger partial charge in [-0.3, -0.25) is 19.8 Å². The van der Waals surface area contributed by atoms with Crippen LogP contribution in [0.2, 0.25) is 0 Å². The summed E-state index contributed by atoms with van der Waals surface area (Å²) in [4.78, 5) is 50.3. The van der Waals surface area contributed by atoms with E-state index < -0.39 is 28.0 Å². The monoisotopic (exact) mass is 567 g/mol. The third-order valence-corrected chi connectivity index (χ3v) is 7.43. The summed E-state index contributed by atoms with van der Waals surface area (Å²) in [6.07, 6.45) is 1.57. The number of rotatable bonds is 8. The highest BCUT2D eigenvalue weighted by atomic mass is 79.9. The summed E-state index contributed by atoms with van der Waals surface area (Å²) in [6.45, 7) is 6.94. The zero-order chi connectivity index (χ0) is 25.9. The minimum Gasteiger partial charge on any atom is -0.456 e. The summed E-state index contributed by atoms with van der Waals surface area (Å²) in [6, 6.07) is 5.41. The van der Waals surface area contributed by atoms with Gasteiger partial charge in [0, 0.05) is 34.4 Å². The molecule has 35 heavy (non-hydrogen) atoms. The number of hydrogen-bond donors (Lipinski definition) is 1. The number of thioether (sulfide) groups is 1. The van der Waals surface area contributed by atoms with Crippen LogP contribution in [0.4, 0.5) is 10.5 Å². The Morgan fingerprint density at radius 1 is 1.34 bits per heavy atom. The second-order valence-electron chi connectivity index (χ2n) is 8.82. The topological polar surface area (TPSA) is 128 Å². The standard InChI is InChI=1S/C23H26BrN3O7S/c1-5-15-16-10-17(35-18(11-24)25-22(30)34-23(2,3)4)19(26(16)20(15)28)21(29)33-12-13-6-8-14(9-7-13)27(31)32/h5-9,16,18H,10-12H2,1-4H3,(H,25,30). The molecule has 1 N–H and O–H groups in total. The molecule has 0 saturated carbocycles. The molecule has 12 heteroatoms. The van der Waals surface area contributed by atoms with E-state index in [2.05, 4.69) is 21.2 Å². The molecule has 2 heterocycles. The molecule has 1 aromatic rings. The largest absolute Gasteiger partial charge is 0.456 e. The van der Waals surface area contributed by atoms with Crippen molar-refractivity contribution in [1.29, 1.82) is 0 Å². The maximum absolute atomic E-state index is 13.1. The number of non-ortho nitro benzene ring substituents is 1. The minimum absolute atomic E-state index is 0.0662. The number of nitro groups is 1. The smallest absolute Gasteiger partial charge is 0.408 e. The van der Waals surface area contributed by atoms with Crippen molar-refractivity contribution < 1.29 is 28.8 Å². The second kappa shape index (κ2) is 10.8. The van der Waals surface area contributed by atoms with Crippen LogP contribution >= 0.6 is 27.7 Å². The van der Waals surface area contributed by atoms with Crippen molar-refractivity contribution in [3.05, 3.63) is 62.2 Å². The molecule has 10 nitrogen and oxygen atoms in total. The first-order valence-corrected chi connectivity index (χ1v) is 12.8. The molecule has 1 aromatic carbocycles. The van der Waals surface area contributed by atoms with Crippen molar-refractivity contribution in [3.63, 3.8) is 0 Å². The van der Waals surface area contributed by atoms with Crippen LogP contribution in [0.5, 0.6) is 0 Å². The average Bonchev–Trinajstić information content (AvgIpc) is 3.10. The van der Waals surface area contributed by atoms with E-state index in [1.165, 1.54) is 40.9 Å². The van der Waals surface area contributed by atoms with Gasteiger partial charge in [0.05, 0.1) is 16.3 Å². The molecule has 2 aliphatic rings. The Morgan fingerprint density at radius 3 is 2.54 bits per heavy atom. The number of hydrogen-bond acceptors (Lipinski definition) is 8. The number of allylic oxidation sites excluding steroid dienone is 1. The van der Waals surface area contributed by atoms with Gasteiger partial charge in [-0.2, -0.15) is 0 Å². The third-order valence-electron chi connectivity index (χ3n) is 5.14. The van der Waals surface area contributed by atoms with Crippen molar-refractivity contribution in [2.24, 2.45) is 0 Å². The molecule has 0 aliphatic carbocycles. The van der Waals surface area contributed by atoms with Gasteiger partial charge in [0.2, 0.25) is 0 Å². The van der Waals surface area contributed by atoms with Crippen molar-refractivity contribution in [2.45, 2.75) is 57.7 Å². The summed E-state index contributed by atoms with van der Waals surface area (Å²) >= 11 is 4.63. The maximum atomic E-state index is 13.1. The molecule has 2 unspecified atom stereocenters. The fraction of sp³-hybridized carbons (Fsp3) is 0.435. The number of alkyl carbamates (subject to hydrolysis) is 1. The lowest BCUT2D eigenvalue weighted by atomic mass is 9.94. The highest BCUT2D eigenvalue weighted by Crippen LogP contribution is 2.47. The number of fused-ring (bicyclic) bond motifs is 1. The zero-order valence-corrected chi connectivity index (χ0v) is 22.1. The normalized spacial score (nSPS) is 19.2. The predicted molar refractivity (Wildman–Crippen MR) is 133 cm³/mol. The fourth-order valence-electron chi connectivity index (χ4n) is 3.63. The molecule has 2 amide bonds. The van der Waals surface area contributed by atoms with Gasteiger partial charge in [0.25, 0.3) is 11.6 Å². The lowest BCUT2D eigenvalue weighted by molar-refractivity contribution is -0.384. The number of β-lactam (4-membered cyclic amide) rings is 1. The van der Waals surface area contributed by atoms with E-state index >= 15 is 0 Å². The number of carbonyl (C=O) groups excluding carboxylic acids is 3. The number of nitrogens with one attached hydrogen (secondary N) is 1. The maximum Gasteiger partial charge on any atom is 0.408 e. The molecule has 1 saturated heterocycles. The first kappa shape index (κ1) is 26.7. The quantitative estimate of drug-likeness (QED) is 0.0931. The summed E-state index contributed by atoms with van der Waals surface area (Å²) in [5.41, 5.74) is 0.611. The Balaban J connectivity index is 1.76. The molecule has 188 valence electrons. The van der Waals surface area contributed by atoms with E-state index in [4.69, 9.17) is 9.47 Å². The van der Waals surface area contributed by atoms with Crippen LogP contribution in [-0.2, 0) is 25.7 Å². The average molecular weight is 568 g/mol. The highest BCUT2D eigenvalue weighted by molar-refractivity contribution is 9.09. The van der Waals surface area contributed by atoms with Crippen LogP contribution in [0, 0.1) is 10.1 Å². The Kier molecular flexibility index (Phi) is 8.26. The summed E-state index contributed by atoms with van der Waals surface area (Å²) < 4.78 is 10.8. The van der Waals surface area contributed by atoms with Crippen LogP contribution in [0.3, 0.4) is 0 Å². The van der Waals surface area contributed by atoms with E-state index in [1.54, 1.807) is 33.8 Å². The molecule has 0 aromatic heterocycles. The van der Waals surface area contributed by atoms with Gasteiger partial charge in [-0.1, -0.05) is 22.0 Å². The second-order valence-corrected chi connectivity index (χ2v) is 10.8. The predicted octanol–water partition coefficient (Wildman–Crippen LogP) is 4.39. The van der Waals surface area contributed by atoms with Gasteiger partial charge in [-0.15, -0.1) is 11.8 Å². The molecule has 0 radical (unpaired) electrons. The van der Waals surface area contributed by atoms with Crippen LogP contribution in [0.1, 0.15) is 39.7 Å². The Bertz CT molecular complexity index is 1100. The number of carbonyl (C=O) groups is 3. The fourth-order valence-corrected chi connectivity index (χ4v) is 5.30. The molecule has 3 rings (SSSR count). The SMILES string of the molecule is CC=C1C(=O)N2C(C(=O)OCc3ccc([N+](=O)[O-])cc3)=C(SC(CBr)NC(=O)OC(C)(C)C)CC12. The number of esters is 1. The van der Waals surface area contributed by atoms with Crippen LogP contribution in [0.25, 0.3) is 0 Å².